The third-order valence-corrected chi connectivity index (χ3v) is 2.10. The largest absolute Gasteiger partial charge is 0.375 e. The van der Waals surface area contributed by atoms with Crippen LogP contribution in [0.25, 0.3) is 0 Å². The van der Waals surface area contributed by atoms with Crippen molar-refractivity contribution < 1.29 is 0 Å². The van der Waals surface area contributed by atoms with E-state index in [0.717, 1.165) is 17.8 Å². The van der Waals surface area contributed by atoms with E-state index in [1.165, 1.54) is 0 Å². The van der Waals surface area contributed by atoms with Gasteiger partial charge in [0.15, 0.2) is 0 Å². The molecule has 1 rings (SSSR count). The minimum atomic E-state index is 0.449. The Morgan fingerprint density at radius 2 is 2.44 bits per heavy atom. The first-order valence-corrected chi connectivity index (χ1v) is 5.27. The monoisotopic (exact) mass is 216 g/mol. The zero-order chi connectivity index (χ0) is 11.8. The molecule has 0 saturated carbocycles. The molecule has 0 unspecified atom stereocenters. The fraction of sp³-hybridized carbons (Fsp3) is 0.333. The summed E-state index contributed by atoms with van der Waals surface area (Å²) >= 11 is 0. The van der Waals surface area contributed by atoms with Crippen LogP contribution in [0.2, 0.25) is 0 Å². The molecule has 0 atom stereocenters. The van der Waals surface area contributed by atoms with Gasteiger partial charge in [-0.3, -0.25) is 0 Å². The van der Waals surface area contributed by atoms with E-state index < -0.39 is 0 Å². The van der Waals surface area contributed by atoms with Crippen molar-refractivity contribution in [2.75, 3.05) is 7.05 Å². The molecule has 84 valence electrons. The first-order chi connectivity index (χ1) is 7.80. The van der Waals surface area contributed by atoms with Crippen molar-refractivity contribution >= 4 is 0 Å². The number of rotatable bonds is 5. The Bertz CT molecular complexity index is 404. The molecule has 0 amide bonds. The van der Waals surface area contributed by atoms with Crippen molar-refractivity contribution in [3.05, 3.63) is 41.5 Å². The number of hydrogen-bond donors (Lipinski definition) is 2. The molecule has 4 heteroatoms. The van der Waals surface area contributed by atoms with Crippen LogP contribution in [0.1, 0.15) is 24.6 Å². The van der Waals surface area contributed by atoms with Crippen LogP contribution < -0.4 is 10.6 Å². The predicted molar refractivity (Wildman–Crippen MR) is 63.2 cm³/mol. The Labute approximate surface area is 96.0 Å². The molecule has 16 heavy (non-hydrogen) atoms. The number of allylic oxidation sites excluding steroid dienone is 1. The molecule has 2 N–H and O–H groups in total. The highest BCUT2D eigenvalue weighted by Gasteiger charge is 1.97. The standard InChI is InChI=1S/C12H16N4/c1-3-4-12(14-2)16-9-10-5-6-15-11(7-10)8-13/h4-7,14,16H,3,9H2,1-2H3/b12-4-. The number of aromatic nitrogens is 1. The number of pyridine rings is 1. The minimum Gasteiger partial charge on any atom is -0.375 e. The molecule has 0 fully saturated rings. The maximum Gasteiger partial charge on any atom is 0.140 e. The smallest absolute Gasteiger partial charge is 0.140 e. The molecular formula is C12H16N4. The van der Waals surface area contributed by atoms with Gasteiger partial charge in [0.2, 0.25) is 0 Å². The van der Waals surface area contributed by atoms with E-state index in [1.807, 2.05) is 19.2 Å². The lowest BCUT2D eigenvalue weighted by atomic mass is 10.2. The van der Waals surface area contributed by atoms with Crippen molar-refractivity contribution in [1.82, 2.24) is 15.6 Å². The summed E-state index contributed by atoms with van der Waals surface area (Å²) in [6, 6.07) is 5.70. The molecular weight excluding hydrogens is 200 g/mol. The van der Waals surface area contributed by atoms with Gasteiger partial charge in [-0.25, -0.2) is 4.98 Å². The fourth-order valence-electron chi connectivity index (χ4n) is 1.31. The second-order valence-electron chi connectivity index (χ2n) is 3.29. The zero-order valence-corrected chi connectivity index (χ0v) is 9.62. The molecule has 1 aromatic heterocycles. The second-order valence-corrected chi connectivity index (χ2v) is 3.29. The van der Waals surface area contributed by atoms with E-state index in [1.54, 1.807) is 12.3 Å². The third kappa shape index (κ3) is 3.62. The van der Waals surface area contributed by atoms with E-state index in [2.05, 4.69) is 28.6 Å². The summed E-state index contributed by atoms with van der Waals surface area (Å²) in [6.45, 7) is 2.77. The molecule has 0 spiro atoms. The molecule has 0 aliphatic heterocycles. The summed E-state index contributed by atoms with van der Waals surface area (Å²) in [5, 5.41) is 15.0. The Balaban J connectivity index is 2.60. The molecule has 4 nitrogen and oxygen atoms in total. The fourth-order valence-corrected chi connectivity index (χ4v) is 1.31. The van der Waals surface area contributed by atoms with E-state index in [9.17, 15) is 0 Å². The average molecular weight is 216 g/mol. The zero-order valence-electron chi connectivity index (χ0n) is 9.62. The number of nitrogens with zero attached hydrogens (tertiary/aromatic N) is 2. The lowest BCUT2D eigenvalue weighted by Gasteiger charge is -2.10. The maximum absolute atomic E-state index is 8.71. The molecule has 0 aliphatic carbocycles. The minimum absolute atomic E-state index is 0.449. The summed E-state index contributed by atoms with van der Waals surface area (Å²) in [5.74, 6) is 0.998. The Morgan fingerprint density at radius 3 is 3.06 bits per heavy atom. The van der Waals surface area contributed by atoms with Crippen molar-refractivity contribution in [2.45, 2.75) is 19.9 Å². The highest BCUT2D eigenvalue weighted by Crippen LogP contribution is 2.01. The average Bonchev–Trinajstić information content (AvgIpc) is 2.34. The number of nitriles is 1. The normalized spacial score (nSPS) is 10.7. The number of nitrogens with one attached hydrogen (secondary N) is 2. The summed E-state index contributed by atoms with van der Waals surface area (Å²) in [5.41, 5.74) is 1.49. The van der Waals surface area contributed by atoms with Gasteiger partial charge in [0.1, 0.15) is 11.8 Å². The van der Waals surface area contributed by atoms with Crippen LogP contribution in [0.5, 0.6) is 0 Å². The Morgan fingerprint density at radius 1 is 1.62 bits per heavy atom. The Kier molecular flexibility index (Phi) is 4.87. The summed E-state index contributed by atoms with van der Waals surface area (Å²) < 4.78 is 0. The molecule has 0 saturated heterocycles. The van der Waals surface area contributed by atoms with E-state index >= 15 is 0 Å². The SMILES string of the molecule is CC/C=C(/NC)NCc1ccnc(C#N)c1. The Hall–Kier alpha value is -2.02. The van der Waals surface area contributed by atoms with Crippen LogP contribution in [-0.4, -0.2) is 12.0 Å². The van der Waals surface area contributed by atoms with Gasteiger partial charge in [0.25, 0.3) is 0 Å². The van der Waals surface area contributed by atoms with Gasteiger partial charge in [-0.05, 0) is 30.2 Å². The van der Waals surface area contributed by atoms with Gasteiger partial charge in [-0.2, -0.15) is 5.26 Å². The van der Waals surface area contributed by atoms with Gasteiger partial charge < -0.3 is 10.6 Å². The van der Waals surface area contributed by atoms with Crippen LogP contribution >= 0.6 is 0 Å². The van der Waals surface area contributed by atoms with Gasteiger partial charge in [-0.1, -0.05) is 6.92 Å². The third-order valence-electron chi connectivity index (χ3n) is 2.10. The maximum atomic E-state index is 8.71. The number of hydrogen-bond acceptors (Lipinski definition) is 4. The van der Waals surface area contributed by atoms with Crippen molar-refractivity contribution in [1.29, 1.82) is 5.26 Å². The lowest BCUT2D eigenvalue weighted by molar-refractivity contribution is 0.729. The second kappa shape index (κ2) is 6.46. The predicted octanol–water partition coefficient (Wildman–Crippen LogP) is 1.51. The van der Waals surface area contributed by atoms with Crippen LogP contribution in [0.3, 0.4) is 0 Å². The molecule has 0 aromatic carbocycles. The topological polar surface area (TPSA) is 60.7 Å². The van der Waals surface area contributed by atoms with Gasteiger partial charge >= 0.3 is 0 Å². The molecule has 0 bridgehead atoms. The van der Waals surface area contributed by atoms with Crippen molar-refractivity contribution in [3.63, 3.8) is 0 Å². The quantitative estimate of drug-likeness (QED) is 0.783. The highest BCUT2D eigenvalue weighted by atomic mass is 15.1. The highest BCUT2D eigenvalue weighted by molar-refractivity contribution is 5.25. The summed E-state index contributed by atoms with van der Waals surface area (Å²) in [4.78, 5) is 3.92. The van der Waals surface area contributed by atoms with Crippen LogP contribution in [0.15, 0.2) is 30.2 Å². The molecule has 0 radical (unpaired) electrons. The van der Waals surface area contributed by atoms with Crippen molar-refractivity contribution in [3.8, 4) is 6.07 Å². The molecule has 1 heterocycles. The van der Waals surface area contributed by atoms with Crippen LogP contribution in [0.4, 0.5) is 0 Å². The first-order valence-electron chi connectivity index (χ1n) is 5.27. The van der Waals surface area contributed by atoms with E-state index in [0.29, 0.717) is 12.2 Å². The van der Waals surface area contributed by atoms with Crippen LogP contribution in [-0.2, 0) is 6.54 Å². The summed E-state index contributed by atoms with van der Waals surface area (Å²) in [7, 11) is 1.88. The molecule has 0 aliphatic rings. The van der Waals surface area contributed by atoms with Gasteiger partial charge in [0.05, 0.1) is 5.82 Å². The molecule has 1 aromatic rings. The van der Waals surface area contributed by atoms with Gasteiger partial charge in [0, 0.05) is 19.8 Å². The lowest BCUT2D eigenvalue weighted by Crippen LogP contribution is -2.23. The van der Waals surface area contributed by atoms with E-state index in [4.69, 9.17) is 5.26 Å². The summed E-state index contributed by atoms with van der Waals surface area (Å²) in [6.07, 6.45) is 4.70. The van der Waals surface area contributed by atoms with Crippen molar-refractivity contribution in [2.24, 2.45) is 0 Å². The van der Waals surface area contributed by atoms with Crippen LogP contribution in [0, 0.1) is 11.3 Å². The van der Waals surface area contributed by atoms with E-state index in [-0.39, 0.29) is 0 Å². The first kappa shape index (κ1) is 12.1. The van der Waals surface area contributed by atoms with Gasteiger partial charge in [-0.15, -0.1) is 0 Å².